The highest BCUT2D eigenvalue weighted by Crippen LogP contribution is 2.19. The molecule has 1 heterocycles. The number of halogens is 1. The summed E-state index contributed by atoms with van der Waals surface area (Å²) in [4.78, 5) is 14.7. The Morgan fingerprint density at radius 1 is 1.04 bits per heavy atom. The van der Waals surface area contributed by atoms with Crippen LogP contribution >= 0.6 is 11.6 Å². The predicted molar refractivity (Wildman–Crippen MR) is 107 cm³/mol. The van der Waals surface area contributed by atoms with Crippen molar-refractivity contribution in [3.05, 3.63) is 64.2 Å². The molecule has 0 saturated carbocycles. The normalized spacial score (nSPS) is 15.7. The van der Waals surface area contributed by atoms with Gasteiger partial charge in [-0.3, -0.25) is 4.79 Å². The van der Waals surface area contributed by atoms with Gasteiger partial charge in [0.2, 0.25) is 10.0 Å². The Kier molecular flexibility index (Phi) is 5.89. The van der Waals surface area contributed by atoms with Gasteiger partial charge in [-0.1, -0.05) is 17.7 Å². The zero-order valence-corrected chi connectivity index (χ0v) is 17.0. The molecule has 0 aliphatic carbocycles. The molecular formula is C20H23ClN2O3S. The summed E-state index contributed by atoms with van der Waals surface area (Å²) in [5.41, 5.74) is 2.92. The van der Waals surface area contributed by atoms with Crippen molar-refractivity contribution in [2.24, 2.45) is 0 Å². The van der Waals surface area contributed by atoms with Gasteiger partial charge >= 0.3 is 0 Å². The van der Waals surface area contributed by atoms with E-state index in [1.165, 1.54) is 12.1 Å². The van der Waals surface area contributed by atoms with E-state index in [0.29, 0.717) is 36.5 Å². The summed E-state index contributed by atoms with van der Waals surface area (Å²) in [6.45, 7) is 5.06. The van der Waals surface area contributed by atoms with Crippen molar-refractivity contribution in [1.29, 1.82) is 0 Å². The number of piperidine rings is 1. The number of carbonyl (C=O) groups is 1. The molecule has 0 radical (unpaired) electrons. The third-order valence-corrected chi connectivity index (χ3v) is 6.77. The van der Waals surface area contributed by atoms with Gasteiger partial charge in [0.1, 0.15) is 0 Å². The molecule has 1 aliphatic heterocycles. The molecule has 5 nitrogen and oxygen atoms in total. The molecule has 3 rings (SSSR count). The first-order chi connectivity index (χ1) is 12.8. The fourth-order valence-corrected chi connectivity index (χ4v) is 4.59. The second kappa shape index (κ2) is 8.00. The fourth-order valence-electron chi connectivity index (χ4n) is 3.16. The average Bonchev–Trinajstić information content (AvgIpc) is 2.64. The first-order valence-corrected chi connectivity index (χ1v) is 10.8. The molecule has 0 spiro atoms. The molecule has 144 valence electrons. The average molecular weight is 407 g/mol. The Hall–Kier alpha value is -1.89. The van der Waals surface area contributed by atoms with Gasteiger partial charge in [0.15, 0.2) is 0 Å². The molecule has 1 aliphatic rings. The number of carbonyl (C=O) groups excluding carboxylic acids is 1. The van der Waals surface area contributed by atoms with Crippen LogP contribution in [0.5, 0.6) is 0 Å². The van der Waals surface area contributed by atoms with Crippen LogP contribution in [0.2, 0.25) is 5.02 Å². The maximum Gasteiger partial charge on any atom is 0.253 e. The summed E-state index contributed by atoms with van der Waals surface area (Å²) in [6, 6.07) is 11.6. The predicted octanol–water partition coefficient (Wildman–Crippen LogP) is 3.54. The van der Waals surface area contributed by atoms with E-state index in [9.17, 15) is 13.2 Å². The lowest BCUT2D eigenvalue weighted by atomic mass is 10.0. The number of amides is 1. The monoisotopic (exact) mass is 406 g/mol. The van der Waals surface area contributed by atoms with E-state index in [2.05, 4.69) is 4.72 Å². The van der Waals surface area contributed by atoms with E-state index in [-0.39, 0.29) is 16.8 Å². The number of aryl methyl sites for hydroxylation is 2. The lowest BCUT2D eigenvalue weighted by Gasteiger charge is -2.32. The number of sulfonamides is 1. The quantitative estimate of drug-likeness (QED) is 0.844. The largest absolute Gasteiger partial charge is 0.339 e. The van der Waals surface area contributed by atoms with Crippen LogP contribution in [0.25, 0.3) is 0 Å². The molecule has 0 bridgehead atoms. The molecule has 2 aromatic rings. The molecule has 1 amide bonds. The maximum absolute atomic E-state index is 12.7. The van der Waals surface area contributed by atoms with Gasteiger partial charge < -0.3 is 4.90 Å². The van der Waals surface area contributed by atoms with Crippen LogP contribution in [0.4, 0.5) is 0 Å². The van der Waals surface area contributed by atoms with Crippen LogP contribution in [0, 0.1) is 13.8 Å². The van der Waals surface area contributed by atoms with Crippen molar-refractivity contribution in [2.75, 3.05) is 13.1 Å². The second-order valence-electron chi connectivity index (χ2n) is 6.94. The topological polar surface area (TPSA) is 66.5 Å². The SMILES string of the molecule is Cc1ccc(C(=O)N2CCC(NS(=O)(=O)c3ccc(Cl)cc3)CC2)cc1C. The van der Waals surface area contributed by atoms with Crippen LogP contribution < -0.4 is 4.72 Å². The van der Waals surface area contributed by atoms with Gasteiger partial charge in [-0.15, -0.1) is 0 Å². The van der Waals surface area contributed by atoms with Crippen LogP contribution in [-0.2, 0) is 10.0 Å². The number of likely N-dealkylation sites (tertiary alicyclic amines) is 1. The van der Waals surface area contributed by atoms with Crippen molar-refractivity contribution in [2.45, 2.75) is 37.6 Å². The van der Waals surface area contributed by atoms with E-state index in [4.69, 9.17) is 11.6 Å². The van der Waals surface area contributed by atoms with E-state index in [0.717, 1.165) is 11.1 Å². The Bertz CT molecular complexity index is 934. The summed E-state index contributed by atoms with van der Waals surface area (Å²) in [5.74, 6) is -0.00268. The molecule has 0 atom stereocenters. The number of nitrogens with zero attached hydrogens (tertiary/aromatic N) is 1. The van der Waals surface area contributed by atoms with Crippen LogP contribution in [0.15, 0.2) is 47.4 Å². The van der Waals surface area contributed by atoms with Gasteiger partial charge in [0.05, 0.1) is 4.90 Å². The minimum Gasteiger partial charge on any atom is -0.339 e. The summed E-state index contributed by atoms with van der Waals surface area (Å²) < 4.78 is 27.7. The molecule has 0 unspecified atom stereocenters. The highest BCUT2D eigenvalue weighted by Gasteiger charge is 2.27. The van der Waals surface area contributed by atoms with E-state index < -0.39 is 10.0 Å². The first kappa shape index (κ1) is 19.9. The van der Waals surface area contributed by atoms with Gasteiger partial charge in [-0.25, -0.2) is 13.1 Å². The Morgan fingerprint density at radius 3 is 2.26 bits per heavy atom. The summed E-state index contributed by atoms with van der Waals surface area (Å²) >= 11 is 5.82. The number of rotatable bonds is 4. The standard InChI is InChI=1S/C20H23ClN2O3S/c1-14-3-4-16(13-15(14)2)20(24)23-11-9-18(10-12-23)22-27(25,26)19-7-5-17(21)6-8-19/h3-8,13,18,22H,9-12H2,1-2H3. The number of benzene rings is 2. The molecule has 1 fully saturated rings. The number of hydrogen-bond acceptors (Lipinski definition) is 3. The molecule has 7 heteroatoms. The molecular weight excluding hydrogens is 384 g/mol. The van der Waals surface area contributed by atoms with Gasteiger partial charge in [0, 0.05) is 29.7 Å². The third-order valence-electron chi connectivity index (χ3n) is 4.98. The van der Waals surface area contributed by atoms with Gasteiger partial charge in [-0.2, -0.15) is 0 Å². The molecule has 27 heavy (non-hydrogen) atoms. The third kappa shape index (κ3) is 4.69. The van der Waals surface area contributed by atoms with Crippen molar-refractivity contribution in [3.8, 4) is 0 Å². The summed E-state index contributed by atoms with van der Waals surface area (Å²) in [7, 11) is -3.59. The molecule has 1 saturated heterocycles. The fraction of sp³-hybridized carbons (Fsp3) is 0.350. The van der Waals surface area contributed by atoms with Crippen molar-refractivity contribution < 1.29 is 13.2 Å². The Morgan fingerprint density at radius 2 is 1.67 bits per heavy atom. The smallest absolute Gasteiger partial charge is 0.253 e. The Labute approximate surface area is 165 Å². The summed E-state index contributed by atoms with van der Waals surface area (Å²) in [5, 5.41) is 0.493. The molecule has 0 aromatic heterocycles. The van der Waals surface area contributed by atoms with Crippen molar-refractivity contribution >= 4 is 27.5 Å². The minimum atomic E-state index is -3.59. The Balaban J connectivity index is 1.60. The van der Waals surface area contributed by atoms with Crippen LogP contribution in [0.1, 0.15) is 34.3 Å². The molecule has 2 aromatic carbocycles. The lowest BCUT2D eigenvalue weighted by molar-refractivity contribution is 0.0711. The van der Waals surface area contributed by atoms with Gasteiger partial charge in [-0.05, 0) is 74.2 Å². The maximum atomic E-state index is 12.7. The van der Waals surface area contributed by atoms with Gasteiger partial charge in [0.25, 0.3) is 5.91 Å². The second-order valence-corrected chi connectivity index (χ2v) is 9.09. The van der Waals surface area contributed by atoms with Crippen LogP contribution in [0.3, 0.4) is 0 Å². The van der Waals surface area contributed by atoms with Crippen molar-refractivity contribution in [3.63, 3.8) is 0 Å². The zero-order valence-electron chi connectivity index (χ0n) is 15.4. The van der Waals surface area contributed by atoms with E-state index in [1.54, 1.807) is 17.0 Å². The molecule has 1 N–H and O–H groups in total. The highest BCUT2D eigenvalue weighted by atomic mass is 35.5. The van der Waals surface area contributed by atoms with Crippen molar-refractivity contribution in [1.82, 2.24) is 9.62 Å². The highest BCUT2D eigenvalue weighted by molar-refractivity contribution is 7.89. The van der Waals surface area contributed by atoms with E-state index >= 15 is 0 Å². The minimum absolute atomic E-state index is 0.00268. The zero-order chi connectivity index (χ0) is 19.6. The number of hydrogen-bond donors (Lipinski definition) is 1. The van der Waals surface area contributed by atoms with E-state index in [1.807, 2.05) is 32.0 Å². The van der Waals surface area contributed by atoms with Crippen LogP contribution in [-0.4, -0.2) is 38.4 Å². The lowest BCUT2D eigenvalue weighted by Crippen LogP contribution is -2.46. The first-order valence-electron chi connectivity index (χ1n) is 8.91. The number of nitrogens with one attached hydrogen (secondary N) is 1. The summed E-state index contributed by atoms with van der Waals surface area (Å²) in [6.07, 6.45) is 1.17.